The topological polar surface area (TPSA) is 50.5 Å². The van der Waals surface area contributed by atoms with E-state index in [0.717, 1.165) is 29.8 Å². The van der Waals surface area contributed by atoms with E-state index in [-0.39, 0.29) is 6.10 Å². The van der Waals surface area contributed by atoms with Gasteiger partial charge in [-0.1, -0.05) is 61.0 Å². The summed E-state index contributed by atoms with van der Waals surface area (Å²) in [5, 5.41) is 15.7. The summed E-state index contributed by atoms with van der Waals surface area (Å²) in [6.45, 7) is 4.30. The molecular formula is C25H30ClN3O2. The van der Waals surface area contributed by atoms with Gasteiger partial charge in [0, 0.05) is 32.2 Å². The van der Waals surface area contributed by atoms with Crippen LogP contribution >= 0.6 is 11.6 Å². The molecule has 0 spiro atoms. The molecule has 1 fully saturated rings. The zero-order chi connectivity index (χ0) is 21.8. The van der Waals surface area contributed by atoms with Crippen molar-refractivity contribution in [3.63, 3.8) is 0 Å². The van der Waals surface area contributed by atoms with Crippen molar-refractivity contribution in [3.8, 4) is 22.9 Å². The van der Waals surface area contributed by atoms with E-state index in [4.69, 9.17) is 21.4 Å². The first-order valence-corrected chi connectivity index (χ1v) is 11.4. The number of nitrogens with zero attached hydrogens (tertiary/aromatic N) is 3. The van der Waals surface area contributed by atoms with Gasteiger partial charge in [-0.2, -0.15) is 5.10 Å². The fourth-order valence-corrected chi connectivity index (χ4v) is 3.98. The molecular weight excluding hydrogens is 410 g/mol. The predicted octanol–water partition coefficient (Wildman–Crippen LogP) is 5.52. The van der Waals surface area contributed by atoms with Gasteiger partial charge in [-0.05, 0) is 37.3 Å². The van der Waals surface area contributed by atoms with E-state index in [2.05, 4.69) is 17.0 Å². The Bertz CT molecular complexity index is 1000. The van der Waals surface area contributed by atoms with Crippen molar-refractivity contribution < 1.29 is 9.84 Å². The Hall–Kier alpha value is -2.34. The lowest BCUT2D eigenvalue weighted by Crippen LogP contribution is -2.33. The average Bonchev–Trinajstić information content (AvgIpc) is 3.54. The molecule has 0 bridgehead atoms. The highest BCUT2D eigenvalue weighted by Gasteiger charge is 2.28. The minimum absolute atomic E-state index is 0.344. The van der Waals surface area contributed by atoms with Gasteiger partial charge in [0.2, 0.25) is 5.88 Å². The monoisotopic (exact) mass is 439 g/mol. The molecule has 1 heterocycles. The predicted molar refractivity (Wildman–Crippen MR) is 124 cm³/mol. The lowest BCUT2D eigenvalue weighted by molar-refractivity contribution is 0.102. The fourth-order valence-electron chi connectivity index (χ4n) is 3.80. The highest BCUT2D eigenvalue weighted by Crippen LogP contribution is 2.37. The molecule has 1 atom stereocenters. The van der Waals surface area contributed by atoms with Crippen LogP contribution in [0.25, 0.3) is 11.3 Å². The second-order valence-electron chi connectivity index (χ2n) is 8.35. The summed E-state index contributed by atoms with van der Waals surface area (Å²) < 4.78 is 8.09. The Morgan fingerprint density at radius 3 is 2.55 bits per heavy atom. The summed E-state index contributed by atoms with van der Waals surface area (Å²) in [6.07, 6.45) is 2.92. The van der Waals surface area contributed by atoms with E-state index in [0.29, 0.717) is 35.7 Å². The van der Waals surface area contributed by atoms with E-state index >= 15 is 0 Å². The third-order valence-corrected chi connectivity index (χ3v) is 6.03. The van der Waals surface area contributed by atoms with Gasteiger partial charge in [0.05, 0.1) is 16.7 Å². The van der Waals surface area contributed by atoms with Gasteiger partial charge in [-0.25, -0.2) is 4.68 Å². The third kappa shape index (κ3) is 5.48. The summed E-state index contributed by atoms with van der Waals surface area (Å²) >= 11 is 6.37. The number of hydrogen-bond donors (Lipinski definition) is 1. The van der Waals surface area contributed by atoms with Gasteiger partial charge in [-0.3, -0.25) is 4.90 Å². The van der Waals surface area contributed by atoms with E-state index < -0.39 is 0 Å². The number of ether oxygens (including phenoxy) is 1. The molecule has 0 saturated heterocycles. The number of aryl methyl sites for hydroxylation is 1. The lowest BCUT2D eigenvalue weighted by atomic mass is 10.1. The molecule has 0 amide bonds. The van der Waals surface area contributed by atoms with Crippen LogP contribution in [-0.2, 0) is 13.6 Å². The molecule has 5 nitrogen and oxygen atoms in total. The van der Waals surface area contributed by atoms with E-state index in [1.807, 2.05) is 56.4 Å². The van der Waals surface area contributed by atoms with Gasteiger partial charge < -0.3 is 9.84 Å². The van der Waals surface area contributed by atoms with Gasteiger partial charge >= 0.3 is 0 Å². The summed E-state index contributed by atoms with van der Waals surface area (Å²) in [5.41, 5.74) is 2.96. The molecule has 1 unspecified atom stereocenters. The molecule has 1 aliphatic rings. The standard InChI is InChI=1S/C25H30ClN3O2/c1-3-20(30)16-29(15-18-13-14-18)17-21-24(19-9-5-4-6-10-19)27-28(2)25(21)31-23-12-8-7-11-22(23)26/h4-12,18,20,30H,3,13-17H2,1-2H3. The average molecular weight is 440 g/mol. The normalized spacial score (nSPS) is 14.7. The van der Waals surface area contributed by atoms with Gasteiger partial charge in [0.25, 0.3) is 0 Å². The van der Waals surface area contributed by atoms with Crippen LogP contribution in [0.3, 0.4) is 0 Å². The number of rotatable bonds is 10. The van der Waals surface area contributed by atoms with E-state index in [1.165, 1.54) is 12.8 Å². The van der Waals surface area contributed by atoms with Crippen LogP contribution in [0, 0.1) is 5.92 Å². The second kappa shape index (κ2) is 9.86. The van der Waals surface area contributed by atoms with Crippen LogP contribution in [-0.4, -0.2) is 39.0 Å². The number of aromatic nitrogens is 2. The van der Waals surface area contributed by atoms with Crippen molar-refractivity contribution in [3.05, 3.63) is 65.2 Å². The van der Waals surface area contributed by atoms with Gasteiger partial charge in [0.15, 0.2) is 0 Å². The third-order valence-electron chi connectivity index (χ3n) is 5.71. The Morgan fingerprint density at radius 2 is 1.87 bits per heavy atom. The Morgan fingerprint density at radius 1 is 1.16 bits per heavy atom. The number of aliphatic hydroxyl groups excluding tert-OH is 1. The molecule has 1 N–H and O–H groups in total. The molecule has 0 aliphatic heterocycles. The second-order valence-corrected chi connectivity index (χ2v) is 8.76. The molecule has 4 rings (SSSR count). The number of aliphatic hydroxyl groups is 1. The van der Waals surface area contributed by atoms with Gasteiger partial charge in [0.1, 0.15) is 11.4 Å². The molecule has 31 heavy (non-hydrogen) atoms. The smallest absolute Gasteiger partial charge is 0.222 e. The summed E-state index contributed by atoms with van der Waals surface area (Å²) in [5.74, 6) is 2.00. The molecule has 1 aliphatic carbocycles. The summed E-state index contributed by atoms with van der Waals surface area (Å²) in [4.78, 5) is 2.34. The highest BCUT2D eigenvalue weighted by molar-refractivity contribution is 6.32. The molecule has 1 saturated carbocycles. The first-order valence-electron chi connectivity index (χ1n) is 11.0. The van der Waals surface area contributed by atoms with Crippen LogP contribution in [0.1, 0.15) is 31.7 Å². The largest absolute Gasteiger partial charge is 0.437 e. The van der Waals surface area contributed by atoms with Gasteiger partial charge in [-0.15, -0.1) is 0 Å². The van der Waals surface area contributed by atoms with E-state index in [9.17, 15) is 5.11 Å². The number of hydrogen-bond acceptors (Lipinski definition) is 4. The Kier molecular flexibility index (Phi) is 6.96. The Balaban J connectivity index is 1.72. The van der Waals surface area contributed by atoms with Crippen molar-refractivity contribution >= 4 is 11.6 Å². The van der Waals surface area contributed by atoms with Crippen LogP contribution in [0.5, 0.6) is 11.6 Å². The fraction of sp³-hybridized carbons (Fsp3) is 0.400. The lowest BCUT2D eigenvalue weighted by Gasteiger charge is -2.25. The minimum atomic E-state index is -0.344. The number of para-hydroxylation sites is 1. The maximum absolute atomic E-state index is 10.4. The minimum Gasteiger partial charge on any atom is -0.437 e. The zero-order valence-corrected chi connectivity index (χ0v) is 18.9. The van der Waals surface area contributed by atoms with Crippen molar-refractivity contribution in [2.45, 2.75) is 38.8 Å². The highest BCUT2D eigenvalue weighted by atomic mass is 35.5. The number of halogens is 1. The van der Waals surface area contributed by atoms with Crippen LogP contribution in [0.2, 0.25) is 5.02 Å². The van der Waals surface area contributed by atoms with Crippen LogP contribution in [0.4, 0.5) is 0 Å². The maximum Gasteiger partial charge on any atom is 0.222 e. The van der Waals surface area contributed by atoms with Crippen LogP contribution in [0.15, 0.2) is 54.6 Å². The quantitative estimate of drug-likeness (QED) is 0.452. The summed E-state index contributed by atoms with van der Waals surface area (Å²) in [6, 6.07) is 17.7. The summed E-state index contributed by atoms with van der Waals surface area (Å²) in [7, 11) is 1.90. The first kappa shape index (κ1) is 21.9. The molecule has 164 valence electrons. The molecule has 3 aromatic rings. The van der Waals surface area contributed by atoms with E-state index in [1.54, 1.807) is 4.68 Å². The maximum atomic E-state index is 10.4. The number of benzene rings is 2. The van der Waals surface area contributed by atoms with Crippen molar-refractivity contribution in [1.29, 1.82) is 0 Å². The van der Waals surface area contributed by atoms with Crippen LogP contribution < -0.4 is 4.74 Å². The van der Waals surface area contributed by atoms with Crippen molar-refractivity contribution in [2.24, 2.45) is 13.0 Å². The SMILES string of the molecule is CCC(O)CN(Cc1c(-c2ccccc2)nn(C)c1Oc1ccccc1Cl)CC1CC1. The molecule has 1 aromatic heterocycles. The first-order chi connectivity index (χ1) is 15.0. The van der Waals surface area contributed by atoms with Crippen molar-refractivity contribution in [1.82, 2.24) is 14.7 Å². The molecule has 6 heteroatoms. The van der Waals surface area contributed by atoms with Crippen molar-refractivity contribution in [2.75, 3.05) is 13.1 Å². The molecule has 0 radical (unpaired) electrons. The Labute approximate surface area is 189 Å². The zero-order valence-electron chi connectivity index (χ0n) is 18.2. The molecule has 2 aromatic carbocycles.